The van der Waals surface area contributed by atoms with Crippen molar-refractivity contribution in [2.45, 2.75) is 6.92 Å². The quantitative estimate of drug-likeness (QED) is 0.720. The Bertz CT molecular complexity index is 791. The molecule has 0 amide bonds. The summed E-state index contributed by atoms with van der Waals surface area (Å²) in [6.07, 6.45) is 1.79. The Kier molecular flexibility index (Phi) is 2.46. The Morgan fingerprint density at radius 3 is 2.58 bits per heavy atom. The Morgan fingerprint density at radius 2 is 1.89 bits per heavy atom. The second-order valence-corrected chi connectivity index (χ2v) is 4.48. The third-order valence-corrected chi connectivity index (χ3v) is 3.08. The first kappa shape index (κ1) is 11.3. The molecular weight excluding hydrogens is 236 g/mol. The number of hydrogen-bond acceptors (Lipinski definition) is 3. The SMILES string of the molecule is Cc1ccc(-c2nc(C#N)c3ccc(N)cn23)cc1. The van der Waals surface area contributed by atoms with Gasteiger partial charge in [0, 0.05) is 17.4 Å². The number of anilines is 1. The lowest BCUT2D eigenvalue weighted by atomic mass is 10.1. The molecule has 0 bridgehead atoms. The molecule has 0 fully saturated rings. The van der Waals surface area contributed by atoms with Crippen LogP contribution in [0.1, 0.15) is 11.3 Å². The number of aromatic nitrogens is 2. The maximum Gasteiger partial charge on any atom is 0.166 e. The maximum absolute atomic E-state index is 9.15. The van der Waals surface area contributed by atoms with Crippen molar-refractivity contribution in [2.24, 2.45) is 0 Å². The summed E-state index contributed by atoms with van der Waals surface area (Å²) in [7, 11) is 0. The summed E-state index contributed by atoms with van der Waals surface area (Å²) < 4.78 is 1.86. The second-order valence-electron chi connectivity index (χ2n) is 4.48. The monoisotopic (exact) mass is 248 g/mol. The van der Waals surface area contributed by atoms with Gasteiger partial charge in [0.1, 0.15) is 11.9 Å². The van der Waals surface area contributed by atoms with E-state index < -0.39 is 0 Å². The van der Waals surface area contributed by atoms with E-state index in [4.69, 9.17) is 11.0 Å². The average Bonchev–Trinajstić information content (AvgIpc) is 2.77. The first-order valence-corrected chi connectivity index (χ1v) is 5.94. The van der Waals surface area contributed by atoms with Crippen LogP contribution in [-0.4, -0.2) is 9.38 Å². The third-order valence-electron chi connectivity index (χ3n) is 3.08. The highest BCUT2D eigenvalue weighted by Gasteiger charge is 2.12. The molecule has 2 heterocycles. The van der Waals surface area contributed by atoms with E-state index in [2.05, 4.69) is 11.1 Å². The number of nitrogens with two attached hydrogens (primary N) is 1. The van der Waals surface area contributed by atoms with Crippen LogP contribution in [-0.2, 0) is 0 Å². The van der Waals surface area contributed by atoms with Gasteiger partial charge in [-0.1, -0.05) is 29.8 Å². The summed E-state index contributed by atoms with van der Waals surface area (Å²) in [6, 6.07) is 13.7. The molecule has 0 aliphatic heterocycles. The predicted molar refractivity (Wildman–Crippen MR) is 74.5 cm³/mol. The fraction of sp³-hybridized carbons (Fsp3) is 0.0667. The third kappa shape index (κ3) is 1.81. The largest absolute Gasteiger partial charge is 0.398 e. The van der Waals surface area contributed by atoms with Crippen LogP contribution in [0, 0.1) is 18.3 Å². The lowest BCUT2D eigenvalue weighted by Crippen LogP contribution is -1.92. The Balaban J connectivity index is 2.32. The molecule has 4 heteroatoms. The zero-order chi connectivity index (χ0) is 13.4. The molecule has 0 radical (unpaired) electrons. The molecule has 0 atom stereocenters. The van der Waals surface area contributed by atoms with Crippen molar-refractivity contribution in [3.05, 3.63) is 53.9 Å². The number of nitrogens with zero attached hydrogens (tertiary/aromatic N) is 3. The lowest BCUT2D eigenvalue weighted by Gasteiger charge is -2.02. The van der Waals surface area contributed by atoms with E-state index in [1.165, 1.54) is 5.56 Å². The van der Waals surface area contributed by atoms with Gasteiger partial charge < -0.3 is 5.73 Å². The number of imidazole rings is 1. The topological polar surface area (TPSA) is 67.1 Å². The van der Waals surface area contributed by atoms with Crippen LogP contribution in [0.2, 0.25) is 0 Å². The summed E-state index contributed by atoms with van der Waals surface area (Å²) in [5.41, 5.74) is 9.79. The highest BCUT2D eigenvalue weighted by atomic mass is 15.0. The molecule has 0 saturated heterocycles. The summed E-state index contributed by atoms with van der Waals surface area (Å²) in [6.45, 7) is 2.03. The van der Waals surface area contributed by atoms with E-state index in [9.17, 15) is 0 Å². The standard InChI is InChI=1S/C15H12N4/c1-10-2-4-11(5-3-10)15-18-13(8-16)14-7-6-12(17)9-19(14)15/h2-7,9H,17H2,1H3. The van der Waals surface area contributed by atoms with Gasteiger partial charge in [-0.3, -0.25) is 4.40 Å². The minimum absolute atomic E-state index is 0.413. The van der Waals surface area contributed by atoms with Gasteiger partial charge in [0.15, 0.2) is 5.69 Å². The van der Waals surface area contributed by atoms with Gasteiger partial charge in [-0.05, 0) is 19.1 Å². The Morgan fingerprint density at radius 1 is 1.16 bits per heavy atom. The molecular formula is C15H12N4. The molecule has 0 spiro atoms. The van der Waals surface area contributed by atoms with Crippen molar-refractivity contribution in [3.8, 4) is 17.5 Å². The second kappa shape index (κ2) is 4.14. The highest BCUT2D eigenvalue weighted by molar-refractivity contribution is 5.69. The molecule has 3 aromatic rings. The normalized spacial score (nSPS) is 10.5. The molecule has 92 valence electrons. The van der Waals surface area contributed by atoms with Crippen LogP contribution >= 0.6 is 0 Å². The number of nitriles is 1. The minimum atomic E-state index is 0.413. The van der Waals surface area contributed by atoms with Gasteiger partial charge in [-0.2, -0.15) is 5.26 Å². The molecule has 2 aromatic heterocycles. The smallest absolute Gasteiger partial charge is 0.166 e. The van der Waals surface area contributed by atoms with Crippen molar-refractivity contribution < 1.29 is 0 Å². The van der Waals surface area contributed by atoms with Crippen molar-refractivity contribution in [1.82, 2.24) is 9.38 Å². The molecule has 0 unspecified atom stereocenters. The first-order valence-electron chi connectivity index (χ1n) is 5.94. The van der Waals surface area contributed by atoms with Crippen LogP contribution in [0.25, 0.3) is 16.9 Å². The fourth-order valence-electron chi connectivity index (χ4n) is 2.09. The van der Waals surface area contributed by atoms with E-state index in [0.717, 1.165) is 16.9 Å². The number of benzene rings is 1. The Labute approximate surface area is 110 Å². The summed E-state index contributed by atoms with van der Waals surface area (Å²) in [4.78, 5) is 4.40. The predicted octanol–water partition coefficient (Wildman–Crippen LogP) is 2.76. The van der Waals surface area contributed by atoms with Gasteiger partial charge in [0.25, 0.3) is 0 Å². The summed E-state index contributed by atoms with van der Waals surface area (Å²) in [5, 5.41) is 9.15. The number of fused-ring (bicyclic) bond motifs is 1. The van der Waals surface area contributed by atoms with Gasteiger partial charge in [0.05, 0.1) is 5.52 Å². The van der Waals surface area contributed by atoms with Crippen molar-refractivity contribution in [2.75, 3.05) is 5.73 Å². The van der Waals surface area contributed by atoms with Crippen molar-refractivity contribution >= 4 is 11.2 Å². The number of hydrogen-bond donors (Lipinski definition) is 1. The number of nitrogen functional groups attached to an aromatic ring is 1. The molecule has 2 N–H and O–H groups in total. The van der Waals surface area contributed by atoms with Gasteiger partial charge in [-0.25, -0.2) is 4.98 Å². The van der Waals surface area contributed by atoms with E-state index in [1.807, 2.05) is 41.7 Å². The van der Waals surface area contributed by atoms with E-state index >= 15 is 0 Å². The first-order chi connectivity index (χ1) is 9.19. The molecule has 4 nitrogen and oxygen atoms in total. The number of rotatable bonds is 1. The molecule has 3 rings (SSSR count). The summed E-state index contributed by atoms with van der Waals surface area (Å²) >= 11 is 0. The molecule has 0 saturated carbocycles. The highest BCUT2D eigenvalue weighted by Crippen LogP contribution is 2.24. The zero-order valence-corrected chi connectivity index (χ0v) is 10.5. The molecule has 0 aliphatic carbocycles. The number of aryl methyl sites for hydroxylation is 1. The van der Waals surface area contributed by atoms with Gasteiger partial charge in [-0.15, -0.1) is 0 Å². The maximum atomic E-state index is 9.15. The molecule has 19 heavy (non-hydrogen) atoms. The van der Waals surface area contributed by atoms with E-state index in [-0.39, 0.29) is 0 Å². The van der Waals surface area contributed by atoms with Gasteiger partial charge >= 0.3 is 0 Å². The summed E-state index contributed by atoms with van der Waals surface area (Å²) in [5.74, 6) is 0.735. The van der Waals surface area contributed by atoms with Crippen molar-refractivity contribution in [3.63, 3.8) is 0 Å². The average molecular weight is 248 g/mol. The van der Waals surface area contributed by atoms with Crippen LogP contribution in [0.5, 0.6) is 0 Å². The van der Waals surface area contributed by atoms with Crippen LogP contribution < -0.4 is 5.73 Å². The fourth-order valence-corrected chi connectivity index (χ4v) is 2.09. The van der Waals surface area contributed by atoms with Crippen LogP contribution in [0.4, 0.5) is 5.69 Å². The van der Waals surface area contributed by atoms with E-state index in [1.54, 1.807) is 12.3 Å². The zero-order valence-electron chi connectivity index (χ0n) is 10.5. The minimum Gasteiger partial charge on any atom is -0.398 e. The van der Waals surface area contributed by atoms with Crippen LogP contribution in [0.3, 0.4) is 0 Å². The lowest BCUT2D eigenvalue weighted by molar-refractivity contribution is 1.16. The van der Waals surface area contributed by atoms with Crippen molar-refractivity contribution in [1.29, 1.82) is 5.26 Å². The van der Waals surface area contributed by atoms with Gasteiger partial charge in [0.2, 0.25) is 0 Å². The number of pyridine rings is 1. The molecule has 1 aromatic carbocycles. The molecule has 0 aliphatic rings. The Hall–Kier alpha value is -2.80. The van der Waals surface area contributed by atoms with E-state index in [0.29, 0.717) is 11.4 Å². The van der Waals surface area contributed by atoms with Crippen LogP contribution in [0.15, 0.2) is 42.6 Å².